The van der Waals surface area contributed by atoms with Crippen LogP contribution in [-0.2, 0) is 39.1 Å². The van der Waals surface area contributed by atoms with E-state index >= 15 is 0 Å². The molecule has 0 N–H and O–H groups in total. The summed E-state index contributed by atoms with van der Waals surface area (Å²) < 4.78 is 0. The maximum absolute atomic E-state index is 3.10. The Morgan fingerprint density at radius 3 is 1.91 bits per heavy atom. The number of aryl methyl sites for hydroxylation is 2. The topological polar surface area (TPSA) is 0 Å². The average molecular weight is 222 g/mol. The molecular weight excluding hydrogens is 209 g/mol. The Morgan fingerprint density at radius 2 is 1.64 bits per heavy atom. The fraction of sp³-hybridized carbons (Fsp3) is 0.400. The van der Waals surface area contributed by atoms with Crippen molar-refractivity contribution in [3.8, 4) is 0 Å². The monoisotopic (exact) mass is 222 g/mol. The molecule has 0 heterocycles. The summed E-state index contributed by atoms with van der Waals surface area (Å²) in [4.78, 5) is 0. The molecule has 0 bridgehead atoms. The Kier molecular flexibility index (Phi) is 5.20. The first kappa shape index (κ1) is 11.3. The molecular formula is C10H13Y-. The third kappa shape index (κ3) is 2.68. The van der Waals surface area contributed by atoms with E-state index in [4.69, 9.17) is 0 Å². The fourth-order valence-corrected chi connectivity index (χ4v) is 1.33. The maximum Gasteiger partial charge on any atom is 0 e. The van der Waals surface area contributed by atoms with Gasteiger partial charge in [0.25, 0.3) is 0 Å². The molecule has 1 heteroatoms. The van der Waals surface area contributed by atoms with E-state index in [1.165, 1.54) is 16.7 Å². The molecule has 1 aromatic rings. The second kappa shape index (κ2) is 5.06. The van der Waals surface area contributed by atoms with E-state index in [0.29, 0.717) is 0 Å². The predicted octanol–water partition coefficient (Wildman–Crippen LogP) is 2.66. The molecule has 0 aliphatic carbocycles. The zero-order chi connectivity index (χ0) is 7.56. The van der Waals surface area contributed by atoms with Gasteiger partial charge in [-0.05, 0) is 0 Å². The first-order valence-corrected chi connectivity index (χ1v) is 3.72. The summed E-state index contributed by atoms with van der Waals surface area (Å²) in [6.45, 7) is 6.47. The summed E-state index contributed by atoms with van der Waals surface area (Å²) in [5, 5.41) is 0. The molecule has 57 valence electrons. The Bertz CT molecular complexity index is 208. The van der Waals surface area contributed by atoms with Crippen LogP contribution in [-0.4, -0.2) is 0 Å². The molecule has 0 saturated heterocycles. The SMILES string of the molecule is CCc1c(C)c[c-]cc1C.[Y]. The second-order valence-corrected chi connectivity index (χ2v) is 2.65. The second-order valence-electron chi connectivity index (χ2n) is 2.65. The van der Waals surface area contributed by atoms with E-state index in [0.717, 1.165) is 6.42 Å². The van der Waals surface area contributed by atoms with E-state index in [1.807, 2.05) is 12.1 Å². The number of hydrogen-bond acceptors (Lipinski definition) is 0. The molecule has 0 spiro atoms. The van der Waals surface area contributed by atoms with Crippen molar-refractivity contribution in [2.75, 3.05) is 0 Å². The molecule has 0 aliphatic heterocycles. The van der Waals surface area contributed by atoms with Crippen LogP contribution in [0.1, 0.15) is 23.6 Å². The van der Waals surface area contributed by atoms with Crippen LogP contribution in [0.4, 0.5) is 0 Å². The molecule has 0 amide bonds. The minimum atomic E-state index is 0. The van der Waals surface area contributed by atoms with Crippen molar-refractivity contribution >= 4 is 0 Å². The fourth-order valence-electron chi connectivity index (χ4n) is 1.33. The van der Waals surface area contributed by atoms with E-state index in [1.54, 1.807) is 0 Å². The van der Waals surface area contributed by atoms with Crippen LogP contribution in [0.15, 0.2) is 12.1 Å². The summed E-state index contributed by atoms with van der Waals surface area (Å²) >= 11 is 0. The third-order valence-electron chi connectivity index (χ3n) is 1.91. The van der Waals surface area contributed by atoms with Crippen LogP contribution >= 0.6 is 0 Å². The van der Waals surface area contributed by atoms with Crippen LogP contribution in [0.5, 0.6) is 0 Å². The zero-order valence-electron chi connectivity index (χ0n) is 7.44. The molecule has 0 saturated carbocycles. The zero-order valence-corrected chi connectivity index (χ0v) is 10.3. The van der Waals surface area contributed by atoms with Crippen LogP contribution in [0.3, 0.4) is 0 Å². The van der Waals surface area contributed by atoms with Gasteiger partial charge in [0.15, 0.2) is 0 Å². The van der Waals surface area contributed by atoms with Gasteiger partial charge in [0.2, 0.25) is 0 Å². The molecule has 0 nitrogen and oxygen atoms in total. The molecule has 0 fully saturated rings. The number of benzene rings is 1. The van der Waals surface area contributed by atoms with Gasteiger partial charge in [-0.2, -0.15) is 34.9 Å². The smallest absolute Gasteiger partial charge is 0 e. The Hall–Kier alpha value is 0.324. The number of hydrogen-bond donors (Lipinski definition) is 0. The number of rotatable bonds is 1. The van der Waals surface area contributed by atoms with E-state index in [2.05, 4.69) is 26.8 Å². The molecule has 0 aliphatic rings. The van der Waals surface area contributed by atoms with Gasteiger partial charge in [0.1, 0.15) is 0 Å². The average Bonchev–Trinajstić information content (AvgIpc) is 1.88. The van der Waals surface area contributed by atoms with E-state index in [-0.39, 0.29) is 32.7 Å². The van der Waals surface area contributed by atoms with Crippen molar-refractivity contribution in [3.05, 3.63) is 34.9 Å². The van der Waals surface area contributed by atoms with Gasteiger partial charge in [-0.15, -0.1) is 0 Å². The van der Waals surface area contributed by atoms with Crippen molar-refractivity contribution in [2.24, 2.45) is 0 Å². The normalized spacial score (nSPS) is 9.00. The summed E-state index contributed by atoms with van der Waals surface area (Å²) in [6.07, 6.45) is 1.13. The van der Waals surface area contributed by atoms with Crippen molar-refractivity contribution in [1.29, 1.82) is 0 Å². The maximum atomic E-state index is 3.10. The van der Waals surface area contributed by atoms with Crippen LogP contribution in [0.25, 0.3) is 0 Å². The Labute approximate surface area is 94.3 Å². The standard InChI is InChI=1S/C10H13.Y/c1-4-10-8(2)6-5-7-9(10)3;/h6-7H,4H2,1-3H3;/q-1;. The van der Waals surface area contributed by atoms with Gasteiger partial charge in [0, 0.05) is 32.7 Å². The van der Waals surface area contributed by atoms with E-state index < -0.39 is 0 Å². The first-order valence-electron chi connectivity index (χ1n) is 3.72. The largest absolute Gasteiger partial charge is 0.183 e. The van der Waals surface area contributed by atoms with Gasteiger partial charge in [-0.3, -0.25) is 0 Å². The molecule has 1 aromatic carbocycles. The first-order chi connectivity index (χ1) is 4.75. The Balaban J connectivity index is 0.000001000. The van der Waals surface area contributed by atoms with Gasteiger partial charge in [0.05, 0.1) is 0 Å². The van der Waals surface area contributed by atoms with Gasteiger partial charge in [-0.25, -0.2) is 0 Å². The molecule has 0 unspecified atom stereocenters. The minimum absolute atomic E-state index is 0. The van der Waals surface area contributed by atoms with Gasteiger partial charge >= 0.3 is 0 Å². The van der Waals surface area contributed by atoms with Crippen molar-refractivity contribution in [2.45, 2.75) is 27.2 Å². The molecule has 0 aromatic heterocycles. The van der Waals surface area contributed by atoms with Crippen molar-refractivity contribution in [1.82, 2.24) is 0 Å². The van der Waals surface area contributed by atoms with Gasteiger partial charge in [-0.1, -0.05) is 27.2 Å². The molecule has 11 heavy (non-hydrogen) atoms. The molecule has 1 rings (SSSR count). The van der Waals surface area contributed by atoms with Crippen LogP contribution < -0.4 is 0 Å². The van der Waals surface area contributed by atoms with Crippen molar-refractivity contribution < 1.29 is 32.7 Å². The van der Waals surface area contributed by atoms with Crippen LogP contribution in [0.2, 0.25) is 0 Å². The Morgan fingerprint density at radius 1 is 1.18 bits per heavy atom. The third-order valence-corrected chi connectivity index (χ3v) is 1.91. The quantitative estimate of drug-likeness (QED) is 0.641. The summed E-state index contributed by atoms with van der Waals surface area (Å²) in [6, 6.07) is 7.20. The van der Waals surface area contributed by atoms with Crippen molar-refractivity contribution in [3.63, 3.8) is 0 Å². The molecule has 1 radical (unpaired) electrons. The predicted molar refractivity (Wildman–Crippen MR) is 44.1 cm³/mol. The summed E-state index contributed by atoms with van der Waals surface area (Å²) in [5.41, 5.74) is 4.20. The minimum Gasteiger partial charge on any atom is -0.183 e. The van der Waals surface area contributed by atoms with E-state index in [9.17, 15) is 0 Å². The summed E-state index contributed by atoms with van der Waals surface area (Å²) in [5.74, 6) is 0. The summed E-state index contributed by atoms with van der Waals surface area (Å²) in [7, 11) is 0. The molecule has 0 atom stereocenters. The van der Waals surface area contributed by atoms with Crippen LogP contribution in [0, 0.1) is 19.9 Å². The van der Waals surface area contributed by atoms with Gasteiger partial charge < -0.3 is 0 Å².